The number of amides is 1. The number of nitrogens with one attached hydrogen (secondary N) is 2. The number of methoxy groups -OCH3 is 1. The average Bonchev–Trinajstić information content (AvgIpc) is 2.72. The van der Waals surface area contributed by atoms with Crippen molar-refractivity contribution in [3.63, 3.8) is 0 Å². The molecule has 0 aliphatic rings. The highest BCUT2D eigenvalue weighted by molar-refractivity contribution is 5.94. The molecule has 6 nitrogen and oxygen atoms in total. The van der Waals surface area contributed by atoms with Crippen LogP contribution < -0.4 is 15.4 Å². The van der Waals surface area contributed by atoms with E-state index in [-0.39, 0.29) is 5.91 Å². The zero-order chi connectivity index (χ0) is 18.2. The monoisotopic (exact) mass is 348 g/mol. The fourth-order valence-corrected chi connectivity index (χ4v) is 2.40. The fraction of sp³-hybridized carbons (Fsp3) is 0.150. The smallest absolute Gasteiger partial charge is 0.253 e. The van der Waals surface area contributed by atoms with E-state index in [2.05, 4.69) is 20.6 Å². The van der Waals surface area contributed by atoms with E-state index >= 15 is 0 Å². The summed E-state index contributed by atoms with van der Waals surface area (Å²) in [7, 11) is 1.62. The van der Waals surface area contributed by atoms with Crippen molar-refractivity contribution in [2.45, 2.75) is 13.1 Å². The second kappa shape index (κ2) is 8.62. The molecule has 0 aliphatic carbocycles. The van der Waals surface area contributed by atoms with Crippen molar-refractivity contribution >= 4 is 11.6 Å². The van der Waals surface area contributed by atoms with Crippen LogP contribution in [0.2, 0.25) is 0 Å². The standard InChI is InChI=1S/C20H20N4O2/c1-26-19-6-4-15(5-7-19)11-24-20(25)17-9-18(14-22-13-17)23-12-16-3-2-8-21-10-16/h2-10,13-14,23H,11-12H2,1H3,(H,24,25). The first-order valence-electron chi connectivity index (χ1n) is 8.23. The first-order valence-corrected chi connectivity index (χ1v) is 8.23. The summed E-state index contributed by atoms with van der Waals surface area (Å²) in [5.74, 6) is 0.620. The molecule has 0 spiro atoms. The lowest BCUT2D eigenvalue weighted by Gasteiger charge is -2.09. The predicted molar refractivity (Wildman–Crippen MR) is 100.0 cm³/mol. The molecule has 0 atom stereocenters. The molecule has 0 saturated heterocycles. The number of anilines is 1. The maximum absolute atomic E-state index is 12.4. The molecule has 0 radical (unpaired) electrons. The molecule has 0 fully saturated rings. The van der Waals surface area contributed by atoms with Gasteiger partial charge in [0.25, 0.3) is 5.91 Å². The quantitative estimate of drug-likeness (QED) is 0.686. The summed E-state index contributed by atoms with van der Waals surface area (Å²) in [6, 6.07) is 13.2. The number of nitrogens with zero attached hydrogens (tertiary/aromatic N) is 2. The van der Waals surface area contributed by atoms with Crippen molar-refractivity contribution in [3.8, 4) is 5.75 Å². The zero-order valence-corrected chi connectivity index (χ0v) is 14.5. The van der Waals surface area contributed by atoms with E-state index < -0.39 is 0 Å². The van der Waals surface area contributed by atoms with E-state index in [1.807, 2.05) is 36.4 Å². The molecule has 3 aromatic rings. The number of ether oxygens (including phenoxy) is 1. The van der Waals surface area contributed by atoms with Crippen LogP contribution in [-0.4, -0.2) is 23.0 Å². The number of aromatic nitrogens is 2. The Bertz CT molecular complexity index is 851. The first-order chi connectivity index (χ1) is 12.7. The average molecular weight is 348 g/mol. The van der Waals surface area contributed by atoms with Crippen LogP contribution in [-0.2, 0) is 13.1 Å². The lowest BCUT2D eigenvalue weighted by atomic mass is 10.2. The van der Waals surface area contributed by atoms with Crippen molar-refractivity contribution in [1.29, 1.82) is 0 Å². The third-order valence-corrected chi connectivity index (χ3v) is 3.83. The van der Waals surface area contributed by atoms with Crippen LogP contribution in [0.25, 0.3) is 0 Å². The molecule has 2 N–H and O–H groups in total. The SMILES string of the molecule is COc1ccc(CNC(=O)c2cncc(NCc3cccnc3)c2)cc1. The zero-order valence-electron chi connectivity index (χ0n) is 14.5. The maximum atomic E-state index is 12.4. The van der Waals surface area contributed by atoms with Crippen LogP contribution in [0.1, 0.15) is 21.5 Å². The third kappa shape index (κ3) is 4.80. The predicted octanol–water partition coefficient (Wildman–Crippen LogP) is 3.03. The molecule has 2 heterocycles. The van der Waals surface area contributed by atoms with E-state index in [0.29, 0.717) is 18.7 Å². The lowest BCUT2D eigenvalue weighted by Crippen LogP contribution is -2.23. The highest BCUT2D eigenvalue weighted by Crippen LogP contribution is 2.12. The van der Waals surface area contributed by atoms with Crippen LogP contribution in [0, 0.1) is 0 Å². The minimum atomic E-state index is -0.168. The summed E-state index contributed by atoms with van der Waals surface area (Å²) in [5.41, 5.74) is 3.35. The van der Waals surface area contributed by atoms with Gasteiger partial charge >= 0.3 is 0 Å². The van der Waals surface area contributed by atoms with E-state index in [0.717, 1.165) is 22.6 Å². The van der Waals surface area contributed by atoms with E-state index in [1.54, 1.807) is 38.0 Å². The molecule has 0 unspecified atom stereocenters. The van der Waals surface area contributed by atoms with Crippen LogP contribution in [0.4, 0.5) is 5.69 Å². The van der Waals surface area contributed by atoms with Crippen LogP contribution in [0.15, 0.2) is 67.3 Å². The fourth-order valence-electron chi connectivity index (χ4n) is 2.40. The van der Waals surface area contributed by atoms with Gasteiger partial charge in [0.15, 0.2) is 0 Å². The van der Waals surface area contributed by atoms with Gasteiger partial charge in [-0.15, -0.1) is 0 Å². The van der Waals surface area contributed by atoms with Gasteiger partial charge in [0.05, 0.1) is 18.4 Å². The molecule has 1 aromatic carbocycles. The maximum Gasteiger partial charge on any atom is 0.253 e. The molecule has 0 aliphatic heterocycles. The summed E-state index contributed by atoms with van der Waals surface area (Å²) in [6.45, 7) is 1.06. The van der Waals surface area contributed by atoms with E-state index in [9.17, 15) is 4.79 Å². The minimum absolute atomic E-state index is 0.168. The number of pyridine rings is 2. The Morgan fingerprint density at radius 2 is 1.85 bits per heavy atom. The van der Waals surface area contributed by atoms with Gasteiger partial charge in [-0.3, -0.25) is 14.8 Å². The van der Waals surface area contributed by atoms with Crippen LogP contribution >= 0.6 is 0 Å². The topological polar surface area (TPSA) is 76.1 Å². The molecule has 0 bridgehead atoms. The summed E-state index contributed by atoms with van der Waals surface area (Å²) >= 11 is 0. The second-order valence-corrected chi connectivity index (χ2v) is 5.71. The number of hydrogen-bond acceptors (Lipinski definition) is 5. The van der Waals surface area contributed by atoms with Crippen molar-refractivity contribution in [3.05, 3.63) is 83.9 Å². The highest BCUT2D eigenvalue weighted by atomic mass is 16.5. The summed E-state index contributed by atoms with van der Waals surface area (Å²) in [4.78, 5) is 20.6. The number of rotatable bonds is 7. The van der Waals surface area contributed by atoms with Gasteiger partial charge in [-0.2, -0.15) is 0 Å². The Hall–Kier alpha value is -3.41. The van der Waals surface area contributed by atoms with Crippen molar-refractivity contribution in [2.24, 2.45) is 0 Å². The van der Waals surface area contributed by atoms with Gasteiger partial charge in [-0.05, 0) is 35.4 Å². The summed E-state index contributed by atoms with van der Waals surface area (Å²) < 4.78 is 5.13. The Labute approximate surface area is 152 Å². The molecule has 0 saturated carbocycles. The molecule has 26 heavy (non-hydrogen) atoms. The molecular weight excluding hydrogens is 328 g/mol. The van der Waals surface area contributed by atoms with Gasteiger partial charge < -0.3 is 15.4 Å². The summed E-state index contributed by atoms with van der Waals surface area (Å²) in [5, 5.41) is 6.14. The second-order valence-electron chi connectivity index (χ2n) is 5.71. The Kier molecular flexibility index (Phi) is 5.77. The lowest BCUT2D eigenvalue weighted by molar-refractivity contribution is 0.0950. The number of benzene rings is 1. The van der Waals surface area contributed by atoms with Gasteiger partial charge in [0, 0.05) is 37.9 Å². The highest BCUT2D eigenvalue weighted by Gasteiger charge is 2.07. The first kappa shape index (κ1) is 17.4. The van der Waals surface area contributed by atoms with Gasteiger partial charge in [-0.25, -0.2) is 0 Å². The molecule has 2 aromatic heterocycles. The molecule has 6 heteroatoms. The minimum Gasteiger partial charge on any atom is -0.497 e. The number of carbonyl (C=O) groups excluding carboxylic acids is 1. The Balaban J connectivity index is 1.57. The molecule has 3 rings (SSSR count). The molecule has 1 amide bonds. The van der Waals surface area contributed by atoms with Gasteiger partial charge in [-0.1, -0.05) is 18.2 Å². The molecule has 132 valence electrons. The van der Waals surface area contributed by atoms with Crippen molar-refractivity contribution in [2.75, 3.05) is 12.4 Å². The van der Waals surface area contributed by atoms with Crippen molar-refractivity contribution < 1.29 is 9.53 Å². The van der Waals surface area contributed by atoms with E-state index in [1.165, 1.54) is 0 Å². The number of hydrogen-bond donors (Lipinski definition) is 2. The largest absolute Gasteiger partial charge is 0.497 e. The van der Waals surface area contributed by atoms with Gasteiger partial charge in [0.1, 0.15) is 5.75 Å². The van der Waals surface area contributed by atoms with Crippen molar-refractivity contribution in [1.82, 2.24) is 15.3 Å². The summed E-state index contributed by atoms with van der Waals surface area (Å²) in [6.07, 6.45) is 6.78. The van der Waals surface area contributed by atoms with Gasteiger partial charge in [0.2, 0.25) is 0 Å². The normalized spacial score (nSPS) is 10.2. The third-order valence-electron chi connectivity index (χ3n) is 3.83. The number of carbonyl (C=O) groups is 1. The molecular formula is C20H20N4O2. The Morgan fingerprint density at radius 1 is 1.00 bits per heavy atom. The van der Waals surface area contributed by atoms with Crippen LogP contribution in [0.5, 0.6) is 5.75 Å². The van der Waals surface area contributed by atoms with E-state index in [4.69, 9.17) is 4.74 Å². The van der Waals surface area contributed by atoms with Crippen LogP contribution in [0.3, 0.4) is 0 Å². The Morgan fingerprint density at radius 3 is 2.58 bits per heavy atom.